The normalized spacial score (nSPS) is 14.5. The summed E-state index contributed by atoms with van der Waals surface area (Å²) in [6.07, 6.45) is 0. The van der Waals surface area contributed by atoms with Gasteiger partial charge in [-0.3, -0.25) is 0 Å². The van der Waals surface area contributed by atoms with Gasteiger partial charge in [0.2, 0.25) is 0 Å². The van der Waals surface area contributed by atoms with Crippen LogP contribution < -0.4 is 5.32 Å². The van der Waals surface area contributed by atoms with Gasteiger partial charge < -0.3 is 15.2 Å². The van der Waals surface area contributed by atoms with E-state index in [1.54, 1.807) is 7.11 Å². The first-order valence-electron chi connectivity index (χ1n) is 6.55. The van der Waals surface area contributed by atoms with Gasteiger partial charge >= 0.3 is 0 Å². The maximum atomic E-state index is 10.5. The van der Waals surface area contributed by atoms with E-state index in [9.17, 15) is 5.11 Å². The van der Waals surface area contributed by atoms with Crippen LogP contribution >= 0.6 is 0 Å². The van der Waals surface area contributed by atoms with Crippen LogP contribution in [0.2, 0.25) is 0 Å². The first-order valence-corrected chi connectivity index (χ1v) is 6.55. The second-order valence-corrected chi connectivity index (χ2v) is 5.01. The smallest absolute Gasteiger partial charge is 0.0992 e. The zero-order valence-corrected chi connectivity index (χ0v) is 11.5. The molecule has 0 heterocycles. The molecular weight excluding hydrogens is 238 g/mol. The fraction of sp³-hybridized carbons (Fsp3) is 0.375. The lowest BCUT2D eigenvalue weighted by Gasteiger charge is -2.24. The number of benzene rings is 2. The Morgan fingerprint density at radius 1 is 1.16 bits per heavy atom. The molecule has 3 nitrogen and oxygen atoms in total. The van der Waals surface area contributed by atoms with Crippen LogP contribution in [0.5, 0.6) is 0 Å². The van der Waals surface area contributed by atoms with Crippen molar-refractivity contribution in [3.63, 3.8) is 0 Å². The average molecular weight is 259 g/mol. The van der Waals surface area contributed by atoms with Gasteiger partial charge in [-0.2, -0.15) is 0 Å². The molecule has 2 aromatic rings. The molecule has 0 amide bonds. The molecular formula is C16H21NO2. The molecule has 19 heavy (non-hydrogen) atoms. The molecule has 0 radical (unpaired) electrons. The van der Waals surface area contributed by atoms with Crippen molar-refractivity contribution in [2.24, 2.45) is 0 Å². The molecule has 0 saturated carbocycles. The van der Waals surface area contributed by atoms with Crippen molar-refractivity contribution < 1.29 is 9.84 Å². The Morgan fingerprint density at radius 3 is 2.63 bits per heavy atom. The number of fused-ring (bicyclic) bond motifs is 1. The van der Waals surface area contributed by atoms with Gasteiger partial charge in [0.1, 0.15) is 0 Å². The van der Waals surface area contributed by atoms with E-state index in [4.69, 9.17) is 4.74 Å². The first-order chi connectivity index (χ1) is 9.13. The minimum absolute atomic E-state index is 0.509. The molecule has 0 aliphatic carbocycles. The van der Waals surface area contributed by atoms with Crippen LogP contribution in [0, 0.1) is 0 Å². The Kier molecular flexibility index (Phi) is 4.53. The van der Waals surface area contributed by atoms with Gasteiger partial charge in [0.25, 0.3) is 0 Å². The van der Waals surface area contributed by atoms with Gasteiger partial charge in [0.15, 0.2) is 0 Å². The molecule has 0 aliphatic rings. The van der Waals surface area contributed by atoms with E-state index >= 15 is 0 Å². The predicted octanol–water partition coefficient (Wildman–Crippen LogP) is 2.28. The van der Waals surface area contributed by atoms with Crippen molar-refractivity contribution in [2.75, 3.05) is 26.8 Å². The zero-order valence-electron chi connectivity index (χ0n) is 11.5. The lowest BCUT2D eigenvalue weighted by Crippen LogP contribution is -2.36. The van der Waals surface area contributed by atoms with E-state index in [-0.39, 0.29) is 0 Å². The summed E-state index contributed by atoms with van der Waals surface area (Å²) >= 11 is 0. The van der Waals surface area contributed by atoms with Gasteiger partial charge in [-0.05, 0) is 29.3 Å². The van der Waals surface area contributed by atoms with Crippen LogP contribution in [0.15, 0.2) is 42.5 Å². The first kappa shape index (κ1) is 14.0. The fourth-order valence-electron chi connectivity index (χ4n) is 2.13. The lowest BCUT2D eigenvalue weighted by atomic mass is 9.93. The van der Waals surface area contributed by atoms with E-state index in [0.717, 1.165) is 17.5 Å². The molecule has 2 aromatic carbocycles. The Hall–Kier alpha value is -1.42. The molecule has 0 saturated heterocycles. The Labute approximate surface area is 114 Å². The van der Waals surface area contributed by atoms with Gasteiger partial charge in [0.05, 0.1) is 12.2 Å². The standard InChI is InChI=1S/C16H21NO2/c1-16(18,12-17-9-10-19-2)15-8-7-13-5-3-4-6-14(13)11-15/h3-8,11,17-18H,9-10,12H2,1-2H3. The van der Waals surface area contributed by atoms with Crippen LogP contribution in [0.4, 0.5) is 0 Å². The molecule has 0 aliphatic heterocycles. The number of aliphatic hydroxyl groups is 1. The van der Waals surface area contributed by atoms with E-state index < -0.39 is 5.60 Å². The third kappa shape index (κ3) is 3.53. The van der Waals surface area contributed by atoms with E-state index in [1.165, 1.54) is 5.39 Å². The summed E-state index contributed by atoms with van der Waals surface area (Å²) in [5.74, 6) is 0. The van der Waals surface area contributed by atoms with Crippen LogP contribution in [0.3, 0.4) is 0 Å². The van der Waals surface area contributed by atoms with Crippen molar-refractivity contribution in [1.29, 1.82) is 0 Å². The topological polar surface area (TPSA) is 41.5 Å². The minimum Gasteiger partial charge on any atom is -0.384 e. The van der Waals surface area contributed by atoms with E-state index in [0.29, 0.717) is 13.2 Å². The SMILES string of the molecule is COCCNCC(C)(O)c1ccc2ccccc2c1. The van der Waals surface area contributed by atoms with Gasteiger partial charge in [0, 0.05) is 20.2 Å². The van der Waals surface area contributed by atoms with Crippen molar-refractivity contribution in [2.45, 2.75) is 12.5 Å². The van der Waals surface area contributed by atoms with Gasteiger partial charge in [-0.1, -0.05) is 36.4 Å². The van der Waals surface area contributed by atoms with Gasteiger partial charge in [-0.25, -0.2) is 0 Å². The van der Waals surface area contributed by atoms with Crippen LogP contribution in [0.1, 0.15) is 12.5 Å². The number of methoxy groups -OCH3 is 1. The largest absolute Gasteiger partial charge is 0.384 e. The molecule has 2 rings (SSSR count). The summed E-state index contributed by atoms with van der Waals surface area (Å²) in [7, 11) is 1.67. The third-order valence-corrected chi connectivity index (χ3v) is 3.32. The fourth-order valence-corrected chi connectivity index (χ4v) is 2.13. The highest BCUT2D eigenvalue weighted by atomic mass is 16.5. The molecule has 1 atom stereocenters. The summed E-state index contributed by atoms with van der Waals surface area (Å²) < 4.78 is 4.98. The highest BCUT2D eigenvalue weighted by Gasteiger charge is 2.22. The molecule has 0 bridgehead atoms. The second-order valence-electron chi connectivity index (χ2n) is 5.01. The summed E-state index contributed by atoms with van der Waals surface area (Å²) in [5, 5.41) is 16.1. The second kappa shape index (κ2) is 6.15. The molecule has 2 N–H and O–H groups in total. The van der Waals surface area contributed by atoms with Crippen molar-refractivity contribution in [1.82, 2.24) is 5.32 Å². The predicted molar refractivity (Wildman–Crippen MR) is 78.3 cm³/mol. The highest BCUT2D eigenvalue weighted by molar-refractivity contribution is 5.83. The average Bonchev–Trinajstić information content (AvgIpc) is 2.43. The van der Waals surface area contributed by atoms with Crippen molar-refractivity contribution >= 4 is 10.8 Å². The Morgan fingerprint density at radius 2 is 1.89 bits per heavy atom. The van der Waals surface area contributed by atoms with Crippen LogP contribution in [0.25, 0.3) is 10.8 Å². The number of hydrogen-bond donors (Lipinski definition) is 2. The Bertz CT molecular complexity index is 537. The van der Waals surface area contributed by atoms with Crippen LogP contribution in [-0.4, -0.2) is 31.9 Å². The van der Waals surface area contributed by atoms with Crippen LogP contribution in [-0.2, 0) is 10.3 Å². The third-order valence-electron chi connectivity index (χ3n) is 3.32. The summed E-state index contributed by atoms with van der Waals surface area (Å²) in [4.78, 5) is 0. The molecule has 0 fully saturated rings. The molecule has 0 spiro atoms. The maximum absolute atomic E-state index is 10.5. The molecule has 0 aromatic heterocycles. The maximum Gasteiger partial charge on any atom is 0.0992 e. The highest BCUT2D eigenvalue weighted by Crippen LogP contribution is 2.24. The monoisotopic (exact) mass is 259 g/mol. The zero-order chi connectivity index (χ0) is 13.7. The Balaban J connectivity index is 2.12. The minimum atomic E-state index is -0.877. The number of ether oxygens (including phenoxy) is 1. The van der Waals surface area contributed by atoms with Crippen molar-refractivity contribution in [3.05, 3.63) is 48.0 Å². The number of hydrogen-bond acceptors (Lipinski definition) is 3. The number of rotatable bonds is 6. The molecule has 3 heteroatoms. The molecule has 1 unspecified atom stereocenters. The van der Waals surface area contributed by atoms with Gasteiger partial charge in [-0.15, -0.1) is 0 Å². The quantitative estimate of drug-likeness (QED) is 0.782. The lowest BCUT2D eigenvalue weighted by molar-refractivity contribution is 0.0551. The summed E-state index contributed by atoms with van der Waals surface area (Å²) in [6.45, 7) is 3.72. The number of nitrogens with one attached hydrogen (secondary N) is 1. The van der Waals surface area contributed by atoms with Crippen molar-refractivity contribution in [3.8, 4) is 0 Å². The van der Waals surface area contributed by atoms with E-state index in [1.807, 2.05) is 37.3 Å². The molecule has 102 valence electrons. The van der Waals surface area contributed by atoms with E-state index in [2.05, 4.69) is 17.4 Å². The summed E-state index contributed by atoms with van der Waals surface area (Å²) in [6, 6.07) is 14.3. The summed E-state index contributed by atoms with van der Waals surface area (Å²) in [5.41, 5.74) is 0.0498.